The molecule has 0 aromatic heterocycles. The van der Waals surface area contributed by atoms with Gasteiger partial charge in [0.15, 0.2) is 0 Å². The number of ether oxygens (including phenoxy) is 1. The number of hydrogen-bond donors (Lipinski definition) is 1. The molecule has 1 aromatic rings. The molecule has 0 aliphatic carbocycles. The zero-order chi connectivity index (χ0) is 12.8. The van der Waals surface area contributed by atoms with Crippen molar-refractivity contribution in [2.75, 3.05) is 13.7 Å². The van der Waals surface area contributed by atoms with Gasteiger partial charge in [0.25, 0.3) is 5.69 Å². The molecule has 0 aliphatic rings. The van der Waals surface area contributed by atoms with Crippen molar-refractivity contribution in [1.82, 2.24) is 0 Å². The van der Waals surface area contributed by atoms with Gasteiger partial charge < -0.3 is 10.5 Å². The minimum absolute atomic E-state index is 0.0498. The Labute approximate surface area is 108 Å². The van der Waals surface area contributed by atoms with Crippen LogP contribution in [0.15, 0.2) is 22.7 Å². The van der Waals surface area contributed by atoms with Crippen LogP contribution < -0.4 is 5.73 Å². The van der Waals surface area contributed by atoms with E-state index in [9.17, 15) is 10.1 Å². The number of halogens is 1. The Hall–Kier alpha value is -0.980. The molecule has 0 saturated carbocycles. The molecule has 1 aromatic carbocycles. The lowest BCUT2D eigenvalue weighted by molar-refractivity contribution is -0.385. The van der Waals surface area contributed by atoms with Crippen LogP contribution >= 0.6 is 15.9 Å². The second kappa shape index (κ2) is 6.68. The first-order valence-corrected chi connectivity index (χ1v) is 6.02. The summed E-state index contributed by atoms with van der Waals surface area (Å²) in [6.45, 7) is 0.493. The Morgan fingerprint density at radius 1 is 1.59 bits per heavy atom. The molecule has 6 heteroatoms. The average molecular weight is 303 g/mol. The van der Waals surface area contributed by atoms with Gasteiger partial charge in [-0.1, -0.05) is 12.1 Å². The molecule has 0 bridgehead atoms. The molecule has 17 heavy (non-hydrogen) atoms. The lowest BCUT2D eigenvalue weighted by Crippen LogP contribution is -2.26. The van der Waals surface area contributed by atoms with E-state index in [-0.39, 0.29) is 11.7 Å². The topological polar surface area (TPSA) is 78.4 Å². The largest absolute Gasteiger partial charge is 0.383 e. The van der Waals surface area contributed by atoms with Crippen molar-refractivity contribution in [2.45, 2.75) is 18.9 Å². The Balaban J connectivity index is 2.72. The highest BCUT2D eigenvalue weighted by atomic mass is 79.9. The Morgan fingerprint density at radius 3 is 2.88 bits per heavy atom. The van der Waals surface area contributed by atoms with Gasteiger partial charge in [-0.3, -0.25) is 10.1 Å². The molecule has 0 heterocycles. The molecule has 0 saturated heterocycles. The molecule has 0 radical (unpaired) electrons. The first-order chi connectivity index (χ1) is 8.06. The predicted molar refractivity (Wildman–Crippen MR) is 69.0 cm³/mol. The summed E-state index contributed by atoms with van der Waals surface area (Å²) in [7, 11) is 1.60. The van der Waals surface area contributed by atoms with Gasteiger partial charge in [-0.2, -0.15) is 0 Å². The van der Waals surface area contributed by atoms with Gasteiger partial charge in [-0.15, -0.1) is 0 Å². The normalized spacial score (nSPS) is 12.4. The van der Waals surface area contributed by atoms with E-state index in [0.717, 1.165) is 12.0 Å². The standard InChI is InChI=1S/C11H15BrN2O3/c1-17-7-9(13)6-5-8-3-2-4-10(11(8)12)14(15)16/h2-4,9H,5-7,13H2,1H3. The molecule has 2 N–H and O–H groups in total. The van der Waals surface area contributed by atoms with E-state index in [1.807, 2.05) is 6.07 Å². The molecule has 0 fully saturated rings. The number of nitrogens with zero attached hydrogens (tertiary/aromatic N) is 1. The lowest BCUT2D eigenvalue weighted by atomic mass is 10.1. The van der Waals surface area contributed by atoms with E-state index in [1.165, 1.54) is 6.07 Å². The number of nitro benzene ring substituents is 1. The molecule has 5 nitrogen and oxygen atoms in total. The zero-order valence-electron chi connectivity index (χ0n) is 9.56. The van der Waals surface area contributed by atoms with Crippen molar-refractivity contribution in [3.8, 4) is 0 Å². The van der Waals surface area contributed by atoms with Crippen molar-refractivity contribution >= 4 is 21.6 Å². The monoisotopic (exact) mass is 302 g/mol. The molecule has 94 valence electrons. The van der Waals surface area contributed by atoms with Gasteiger partial charge in [0.1, 0.15) is 0 Å². The van der Waals surface area contributed by atoms with Crippen LogP contribution in [0.5, 0.6) is 0 Å². The molecule has 0 spiro atoms. The molecular formula is C11H15BrN2O3. The van der Waals surface area contributed by atoms with Crippen LogP contribution in [0.2, 0.25) is 0 Å². The predicted octanol–water partition coefficient (Wildman–Crippen LogP) is 2.26. The van der Waals surface area contributed by atoms with Crippen LogP contribution in [0.25, 0.3) is 0 Å². The number of rotatable bonds is 6. The van der Waals surface area contributed by atoms with E-state index in [2.05, 4.69) is 15.9 Å². The fourth-order valence-electron chi connectivity index (χ4n) is 1.54. The van der Waals surface area contributed by atoms with Crippen molar-refractivity contribution < 1.29 is 9.66 Å². The smallest absolute Gasteiger partial charge is 0.283 e. The third-order valence-corrected chi connectivity index (χ3v) is 3.34. The number of nitrogens with two attached hydrogens (primary N) is 1. The molecule has 1 atom stereocenters. The number of hydrogen-bond acceptors (Lipinski definition) is 4. The molecular weight excluding hydrogens is 288 g/mol. The van der Waals surface area contributed by atoms with Crippen molar-refractivity contribution in [1.29, 1.82) is 0 Å². The van der Waals surface area contributed by atoms with Crippen LogP contribution in [0.3, 0.4) is 0 Å². The Kier molecular flexibility index (Phi) is 5.54. The second-order valence-corrected chi connectivity index (χ2v) is 4.55. The first kappa shape index (κ1) is 14.1. The summed E-state index contributed by atoms with van der Waals surface area (Å²) in [5, 5.41) is 10.7. The van der Waals surface area contributed by atoms with Crippen molar-refractivity contribution in [3.05, 3.63) is 38.3 Å². The number of benzene rings is 1. The van der Waals surface area contributed by atoms with Gasteiger partial charge in [0.05, 0.1) is 16.0 Å². The summed E-state index contributed by atoms with van der Waals surface area (Å²) in [5.41, 5.74) is 6.79. The van der Waals surface area contributed by atoms with E-state index in [0.29, 0.717) is 17.5 Å². The molecule has 1 rings (SSSR count). The van der Waals surface area contributed by atoms with Crippen LogP contribution in [0.4, 0.5) is 5.69 Å². The maximum Gasteiger partial charge on any atom is 0.283 e. The van der Waals surface area contributed by atoms with Gasteiger partial charge in [-0.05, 0) is 34.3 Å². The van der Waals surface area contributed by atoms with E-state index >= 15 is 0 Å². The zero-order valence-corrected chi connectivity index (χ0v) is 11.1. The fraction of sp³-hybridized carbons (Fsp3) is 0.455. The van der Waals surface area contributed by atoms with Crippen LogP contribution in [-0.2, 0) is 11.2 Å². The maximum atomic E-state index is 10.7. The molecule has 0 aliphatic heterocycles. The summed E-state index contributed by atoms with van der Waals surface area (Å²) in [4.78, 5) is 10.3. The second-order valence-electron chi connectivity index (χ2n) is 3.76. The third-order valence-electron chi connectivity index (χ3n) is 2.42. The van der Waals surface area contributed by atoms with E-state index in [1.54, 1.807) is 13.2 Å². The maximum absolute atomic E-state index is 10.7. The van der Waals surface area contributed by atoms with Crippen molar-refractivity contribution in [3.63, 3.8) is 0 Å². The highest BCUT2D eigenvalue weighted by Gasteiger charge is 2.15. The average Bonchev–Trinajstić information content (AvgIpc) is 2.27. The minimum atomic E-state index is -0.400. The number of methoxy groups -OCH3 is 1. The van der Waals surface area contributed by atoms with Crippen molar-refractivity contribution in [2.24, 2.45) is 5.73 Å². The van der Waals surface area contributed by atoms with E-state index in [4.69, 9.17) is 10.5 Å². The molecule has 0 amide bonds. The van der Waals surface area contributed by atoms with Crippen LogP contribution in [0.1, 0.15) is 12.0 Å². The summed E-state index contributed by atoms with van der Waals surface area (Å²) >= 11 is 3.26. The summed E-state index contributed by atoms with van der Waals surface area (Å²) in [6, 6.07) is 4.96. The summed E-state index contributed by atoms with van der Waals surface area (Å²) < 4.78 is 5.48. The fourth-order valence-corrected chi connectivity index (χ4v) is 2.15. The quantitative estimate of drug-likeness (QED) is 0.646. The van der Waals surface area contributed by atoms with Crippen LogP contribution in [-0.4, -0.2) is 24.7 Å². The number of nitro groups is 1. The van der Waals surface area contributed by atoms with Gasteiger partial charge in [-0.25, -0.2) is 0 Å². The third kappa shape index (κ3) is 4.07. The molecule has 1 unspecified atom stereocenters. The van der Waals surface area contributed by atoms with E-state index < -0.39 is 4.92 Å². The van der Waals surface area contributed by atoms with Crippen LogP contribution in [0, 0.1) is 10.1 Å². The summed E-state index contributed by atoms with van der Waals surface area (Å²) in [5.74, 6) is 0. The Morgan fingerprint density at radius 2 is 2.29 bits per heavy atom. The van der Waals surface area contributed by atoms with Gasteiger partial charge in [0, 0.05) is 19.2 Å². The first-order valence-electron chi connectivity index (χ1n) is 5.22. The number of aryl methyl sites for hydroxylation is 1. The lowest BCUT2D eigenvalue weighted by Gasteiger charge is -2.10. The highest BCUT2D eigenvalue weighted by Crippen LogP contribution is 2.29. The minimum Gasteiger partial charge on any atom is -0.383 e. The Bertz CT molecular complexity index is 398. The summed E-state index contributed by atoms with van der Waals surface area (Å²) in [6.07, 6.45) is 1.42. The van der Waals surface area contributed by atoms with Gasteiger partial charge in [0.2, 0.25) is 0 Å². The van der Waals surface area contributed by atoms with Gasteiger partial charge >= 0.3 is 0 Å². The SMILES string of the molecule is COCC(N)CCc1cccc([N+](=O)[O-])c1Br. The highest BCUT2D eigenvalue weighted by molar-refractivity contribution is 9.10.